The van der Waals surface area contributed by atoms with Crippen LogP contribution in [0.2, 0.25) is 0 Å². The lowest BCUT2D eigenvalue weighted by Crippen LogP contribution is -2.32. The molecular weight excluding hydrogens is 410 g/mol. The number of allylic oxidation sites excluding steroid dienone is 1. The molecule has 0 saturated carbocycles. The van der Waals surface area contributed by atoms with Crippen LogP contribution >= 0.6 is 15.9 Å². The largest absolute Gasteiger partial charge is 0.480 e. The first kappa shape index (κ1) is 17.6. The van der Waals surface area contributed by atoms with E-state index >= 15 is 0 Å². The van der Waals surface area contributed by atoms with Crippen LogP contribution in [0.1, 0.15) is 43.6 Å². The monoisotopic (exact) mass is 431 g/mol. The van der Waals surface area contributed by atoms with Gasteiger partial charge in [0.2, 0.25) is 0 Å². The van der Waals surface area contributed by atoms with E-state index in [0.29, 0.717) is 0 Å². The number of benzene rings is 3. The lowest BCUT2D eigenvalue weighted by Gasteiger charge is -2.37. The highest BCUT2D eigenvalue weighted by atomic mass is 79.9. The van der Waals surface area contributed by atoms with E-state index in [1.165, 1.54) is 28.0 Å². The van der Waals surface area contributed by atoms with Crippen LogP contribution in [0.4, 0.5) is 5.69 Å². The molecule has 1 N–H and O–H groups in total. The van der Waals surface area contributed by atoms with Crippen LogP contribution in [-0.4, -0.2) is 5.54 Å². The second-order valence-electron chi connectivity index (χ2n) is 8.17. The van der Waals surface area contributed by atoms with Crippen molar-refractivity contribution < 1.29 is 4.74 Å². The molecule has 1 atom stereocenters. The molecule has 0 unspecified atom stereocenters. The molecule has 2 aliphatic heterocycles. The van der Waals surface area contributed by atoms with Crippen LogP contribution in [0.5, 0.6) is 5.75 Å². The third-order valence-electron chi connectivity index (χ3n) is 5.53. The second-order valence-corrected chi connectivity index (χ2v) is 9.08. The smallest absolute Gasteiger partial charge is 0.150 e. The zero-order chi connectivity index (χ0) is 19.5. The summed E-state index contributed by atoms with van der Waals surface area (Å²) in [5, 5.41) is 3.68. The normalized spacial score (nSPS) is 18.7. The van der Waals surface area contributed by atoms with E-state index in [-0.39, 0.29) is 11.6 Å². The summed E-state index contributed by atoms with van der Waals surface area (Å²) >= 11 is 3.55. The summed E-state index contributed by atoms with van der Waals surface area (Å²) in [4.78, 5) is 0. The van der Waals surface area contributed by atoms with Crippen LogP contribution in [0, 0.1) is 0 Å². The van der Waals surface area contributed by atoms with Gasteiger partial charge in [-0.2, -0.15) is 0 Å². The van der Waals surface area contributed by atoms with Gasteiger partial charge in [-0.1, -0.05) is 58.4 Å². The Hall–Kier alpha value is -2.52. The first-order valence-corrected chi connectivity index (χ1v) is 10.4. The fourth-order valence-corrected chi connectivity index (χ4v) is 4.77. The molecule has 140 valence electrons. The van der Waals surface area contributed by atoms with Crippen LogP contribution < -0.4 is 10.1 Å². The number of nitrogens with one attached hydrogen (secondary N) is 1. The van der Waals surface area contributed by atoms with Gasteiger partial charge in [0, 0.05) is 26.9 Å². The van der Waals surface area contributed by atoms with Crippen molar-refractivity contribution >= 4 is 27.2 Å². The van der Waals surface area contributed by atoms with E-state index in [4.69, 9.17) is 4.74 Å². The molecule has 0 fully saturated rings. The van der Waals surface area contributed by atoms with E-state index < -0.39 is 0 Å². The van der Waals surface area contributed by atoms with E-state index in [1.54, 1.807) is 0 Å². The van der Waals surface area contributed by atoms with Gasteiger partial charge < -0.3 is 10.1 Å². The predicted molar refractivity (Wildman–Crippen MR) is 120 cm³/mol. The summed E-state index contributed by atoms with van der Waals surface area (Å²) in [6, 6.07) is 21.2. The van der Waals surface area contributed by atoms with Crippen molar-refractivity contribution in [2.45, 2.75) is 32.4 Å². The Labute approximate surface area is 174 Å². The van der Waals surface area contributed by atoms with E-state index in [9.17, 15) is 0 Å². The fraction of sp³-hybridized carbons (Fsp3) is 0.200. The fourth-order valence-electron chi connectivity index (χ4n) is 4.50. The first-order chi connectivity index (χ1) is 13.4. The number of fused-ring (bicyclic) bond motifs is 5. The lowest BCUT2D eigenvalue weighted by atomic mass is 9.80. The van der Waals surface area contributed by atoms with Gasteiger partial charge in [0.1, 0.15) is 5.75 Å². The standard InChI is InChI=1S/C25H22BrNO/c1-15-14-25(2,3)27-20-13-12-19-18-6-4-5-7-21(18)28-24(23(19)22(15)20)16-8-10-17(26)11-9-16/h4-14,24,27H,1-3H3/t24-/m1/s1. The molecule has 0 radical (unpaired) electrons. The average molecular weight is 432 g/mol. The van der Waals surface area contributed by atoms with Gasteiger partial charge in [-0.3, -0.25) is 0 Å². The van der Waals surface area contributed by atoms with Crippen LogP contribution in [0.3, 0.4) is 0 Å². The maximum atomic E-state index is 6.58. The maximum Gasteiger partial charge on any atom is 0.150 e. The zero-order valence-corrected chi connectivity index (χ0v) is 17.8. The SMILES string of the molecule is CC1=CC(C)(C)Nc2ccc3c(c21)[C@@H](c1ccc(Br)cc1)Oc1ccccc1-3. The summed E-state index contributed by atoms with van der Waals surface area (Å²) in [5.74, 6) is 0.939. The molecule has 2 nitrogen and oxygen atoms in total. The number of rotatable bonds is 1. The molecular formula is C25H22BrNO. The second kappa shape index (κ2) is 6.25. The van der Waals surface area contributed by atoms with Crippen LogP contribution in [0.25, 0.3) is 16.7 Å². The Bertz CT molecular complexity index is 1110. The Morgan fingerprint density at radius 1 is 0.929 bits per heavy atom. The molecule has 3 heteroatoms. The van der Waals surface area contributed by atoms with Gasteiger partial charge >= 0.3 is 0 Å². The van der Waals surface area contributed by atoms with Crippen molar-refractivity contribution in [1.82, 2.24) is 0 Å². The molecule has 0 amide bonds. The highest BCUT2D eigenvalue weighted by molar-refractivity contribution is 9.10. The average Bonchev–Trinajstić information content (AvgIpc) is 2.66. The third kappa shape index (κ3) is 2.77. The van der Waals surface area contributed by atoms with Gasteiger partial charge in [-0.25, -0.2) is 0 Å². The lowest BCUT2D eigenvalue weighted by molar-refractivity contribution is 0.243. The molecule has 0 spiro atoms. The van der Waals surface area contributed by atoms with Crippen molar-refractivity contribution in [2.24, 2.45) is 0 Å². The van der Waals surface area contributed by atoms with Gasteiger partial charge in [0.05, 0.1) is 5.54 Å². The Morgan fingerprint density at radius 2 is 1.68 bits per heavy atom. The number of hydrogen-bond acceptors (Lipinski definition) is 2. The minimum absolute atomic E-state index is 0.0636. The Kier molecular flexibility index (Phi) is 3.92. The van der Waals surface area contributed by atoms with Crippen molar-refractivity contribution in [3.63, 3.8) is 0 Å². The van der Waals surface area contributed by atoms with E-state index in [2.05, 4.69) is 103 Å². The summed E-state index contributed by atoms with van der Waals surface area (Å²) in [6.45, 7) is 6.62. The van der Waals surface area contributed by atoms with E-state index in [1.807, 2.05) is 6.07 Å². The van der Waals surface area contributed by atoms with Crippen molar-refractivity contribution in [3.8, 4) is 16.9 Å². The number of hydrogen-bond donors (Lipinski definition) is 1. The molecule has 5 rings (SSSR count). The van der Waals surface area contributed by atoms with Crippen molar-refractivity contribution in [3.05, 3.63) is 87.9 Å². The number of halogens is 1. The van der Waals surface area contributed by atoms with E-state index in [0.717, 1.165) is 21.3 Å². The first-order valence-electron chi connectivity index (χ1n) is 9.59. The molecule has 28 heavy (non-hydrogen) atoms. The van der Waals surface area contributed by atoms with Gasteiger partial charge in [-0.05, 0) is 61.7 Å². The maximum absolute atomic E-state index is 6.58. The number of ether oxygens (including phenoxy) is 1. The quantitative estimate of drug-likeness (QED) is 0.439. The zero-order valence-electron chi connectivity index (χ0n) is 16.2. The predicted octanol–water partition coefficient (Wildman–Crippen LogP) is 7.21. The van der Waals surface area contributed by atoms with Crippen LogP contribution in [0.15, 0.2) is 71.2 Å². The molecule has 3 aromatic carbocycles. The Morgan fingerprint density at radius 3 is 2.46 bits per heavy atom. The molecule has 0 bridgehead atoms. The summed E-state index contributed by atoms with van der Waals surface area (Å²) in [6.07, 6.45) is 2.17. The number of anilines is 1. The van der Waals surface area contributed by atoms with Crippen molar-refractivity contribution in [1.29, 1.82) is 0 Å². The highest BCUT2D eigenvalue weighted by Crippen LogP contribution is 2.50. The number of para-hydroxylation sites is 1. The third-order valence-corrected chi connectivity index (χ3v) is 6.06. The minimum atomic E-state index is -0.140. The van der Waals surface area contributed by atoms with Gasteiger partial charge in [0.15, 0.2) is 6.10 Å². The highest BCUT2D eigenvalue weighted by Gasteiger charge is 2.34. The molecule has 0 saturated heterocycles. The molecule has 3 aromatic rings. The molecule has 0 aliphatic carbocycles. The summed E-state index contributed by atoms with van der Waals surface area (Å²) in [7, 11) is 0. The van der Waals surface area contributed by atoms with Gasteiger partial charge in [0.25, 0.3) is 0 Å². The summed E-state index contributed by atoms with van der Waals surface area (Å²) < 4.78 is 7.65. The summed E-state index contributed by atoms with van der Waals surface area (Å²) in [5.41, 5.74) is 8.48. The topological polar surface area (TPSA) is 21.3 Å². The Balaban J connectivity index is 1.80. The van der Waals surface area contributed by atoms with Gasteiger partial charge in [-0.15, -0.1) is 0 Å². The molecule has 2 aliphatic rings. The van der Waals surface area contributed by atoms with Crippen LogP contribution in [-0.2, 0) is 0 Å². The molecule has 2 heterocycles. The van der Waals surface area contributed by atoms with Crippen molar-refractivity contribution in [2.75, 3.05) is 5.32 Å². The molecule has 0 aromatic heterocycles. The minimum Gasteiger partial charge on any atom is -0.480 e.